The molecule has 0 bridgehead atoms. The number of rotatable bonds is 4. The summed E-state index contributed by atoms with van der Waals surface area (Å²) in [6.07, 6.45) is 0.773. The topological polar surface area (TPSA) is 61.2 Å². The summed E-state index contributed by atoms with van der Waals surface area (Å²) in [6, 6.07) is 5.99. The SMILES string of the molecule is COC(=O)CSc1nc2c(c(=O)n1-c1cc(C)cc(C)c1)SC(C)C2. The maximum absolute atomic E-state index is 13.1. The van der Waals surface area contributed by atoms with Gasteiger partial charge in [0.05, 0.1) is 29.1 Å². The van der Waals surface area contributed by atoms with E-state index in [4.69, 9.17) is 9.72 Å². The molecule has 1 atom stereocenters. The van der Waals surface area contributed by atoms with Gasteiger partial charge in [0, 0.05) is 11.7 Å². The molecule has 2 heterocycles. The quantitative estimate of drug-likeness (QED) is 0.464. The van der Waals surface area contributed by atoms with Crippen molar-refractivity contribution in [3.8, 4) is 5.69 Å². The van der Waals surface area contributed by atoms with Crippen LogP contribution in [0.25, 0.3) is 5.69 Å². The molecule has 0 radical (unpaired) electrons. The lowest BCUT2D eigenvalue weighted by atomic mass is 10.1. The molecule has 1 aliphatic rings. The third kappa shape index (κ3) is 3.77. The minimum atomic E-state index is -0.338. The zero-order valence-corrected chi connectivity index (χ0v) is 16.3. The molecule has 0 amide bonds. The molecule has 0 saturated heterocycles. The predicted octanol–water partition coefficient (Wildman–Crippen LogP) is 3.15. The zero-order chi connectivity index (χ0) is 18.1. The maximum atomic E-state index is 13.1. The van der Waals surface area contributed by atoms with Crippen LogP contribution in [-0.4, -0.2) is 33.6 Å². The number of aromatic nitrogens is 2. The number of fused-ring (bicyclic) bond motifs is 1. The van der Waals surface area contributed by atoms with Crippen molar-refractivity contribution < 1.29 is 9.53 Å². The van der Waals surface area contributed by atoms with Crippen LogP contribution >= 0.6 is 23.5 Å². The molecule has 0 aliphatic carbocycles. The number of carbonyl (C=O) groups excluding carboxylic acids is 1. The third-order valence-electron chi connectivity index (χ3n) is 3.89. The van der Waals surface area contributed by atoms with Gasteiger partial charge >= 0.3 is 5.97 Å². The Labute approximate surface area is 155 Å². The number of nitrogens with zero attached hydrogens (tertiary/aromatic N) is 2. The average Bonchev–Trinajstić information content (AvgIpc) is 2.92. The summed E-state index contributed by atoms with van der Waals surface area (Å²) >= 11 is 2.81. The van der Waals surface area contributed by atoms with Crippen LogP contribution < -0.4 is 5.56 Å². The van der Waals surface area contributed by atoms with Crippen LogP contribution in [0.1, 0.15) is 23.7 Å². The summed E-state index contributed by atoms with van der Waals surface area (Å²) in [5.74, 6) is -0.218. The summed E-state index contributed by atoms with van der Waals surface area (Å²) in [7, 11) is 1.36. The molecule has 0 N–H and O–H groups in total. The number of ether oxygens (including phenoxy) is 1. The van der Waals surface area contributed by atoms with Crippen molar-refractivity contribution in [1.29, 1.82) is 0 Å². The molecular formula is C18H20N2O3S2. The Kier molecular flexibility index (Phi) is 5.24. The fourth-order valence-corrected chi connectivity index (χ4v) is 4.84. The smallest absolute Gasteiger partial charge is 0.316 e. The Morgan fingerprint density at radius 3 is 2.68 bits per heavy atom. The number of benzene rings is 1. The van der Waals surface area contributed by atoms with Crippen molar-refractivity contribution in [3.05, 3.63) is 45.4 Å². The molecule has 1 unspecified atom stereocenters. The van der Waals surface area contributed by atoms with Crippen LogP contribution in [0.15, 0.2) is 33.0 Å². The Morgan fingerprint density at radius 2 is 2.04 bits per heavy atom. The van der Waals surface area contributed by atoms with Gasteiger partial charge in [-0.25, -0.2) is 4.98 Å². The van der Waals surface area contributed by atoms with Gasteiger partial charge in [0.1, 0.15) is 0 Å². The van der Waals surface area contributed by atoms with Gasteiger partial charge in [0.15, 0.2) is 5.16 Å². The van der Waals surface area contributed by atoms with Gasteiger partial charge in [-0.3, -0.25) is 14.2 Å². The van der Waals surface area contributed by atoms with E-state index in [1.165, 1.54) is 18.9 Å². The highest BCUT2D eigenvalue weighted by Gasteiger charge is 2.27. The van der Waals surface area contributed by atoms with E-state index in [0.29, 0.717) is 15.3 Å². The molecule has 3 rings (SSSR count). The standard InChI is InChI=1S/C18H20N2O3S2/c1-10-5-11(2)7-13(6-10)20-17(22)16-14(8-12(3)25-16)19-18(20)24-9-15(21)23-4/h5-7,12H,8-9H2,1-4H3. The zero-order valence-electron chi connectivity index (χ0n) is 14.7. The largest absolute Gasteiger partial charge is 0.468 e. The first-order chi connectivity index (χ1) is 11.9. The van der Waals surface area contributed by atoms with Crippen LogP contribution in [-0.2, 0) is 16.0 Å². The predicted molar refractivity (Wildman–Crippen MR) is 101 cm³/mol. The Balaban J connectivity index is 2.15. The lowest BCUT2D eigenvalue weighted by Crippen LogP contribution is -2.24. The third-order valence-corrected chi connectivity index (χ3v) is 6.02. The first kappa shape index (κ1) is 18.1. The van der Waals surface area contributed by atoms with E-state index in [0.717, 1.165) is 28.9 Å². The minimum absolute atomic E-state index is 0.0586. The van der Waals surface area contributed by atoms with Gasteiger partial charge in [-0.2, -0.15) is 0 Å². The summed E-state index contributed by atoms with van der Waals surface area (Å²) in [6.45, 7) is 6.09. The normalized spacial score (nSPS) is 15.9. The van der Waals surface area contributed by atoms with Crippen molar-refractivity contribution >= 4 is 29.5 Å². The molecule has 2 aromatic rings. The molecule has 1 aliphatic heterocycles. The van der Waals surface area contributed by atoms with E-state index in [9.17, 15) is 9.59 Å². The molecule has 7 heteroatoms. The number of methoxy groups -OCH3 is 1. The molecular weight excluding hydrogens is 356 g/mol. The molecule has 5 nitrogen and oxygen atoms in total. The molecule has 1 aromatic carbocycles. The number of hydrogen-bond donors (Lipinski definition) is 0. The first-order valence-electron chi connectivity index (χ1n) is 8.00. The fourth-order valence-electron chi connectivity index (χ4n) is 2.89. The van der Waals surface area contributed by atoms with E-state index in [1.54, 1.807) is 16.3 Å². The minimum Gasteiger partial charge on any atom is -0.468 e. The maximum Gasteiger partial charge on any atom is 0.316 e. The summed E-state index contributed by atoms with van der Waals surface area (Å²) in [5.41, 5.74) is 3.71. The van der Waals surface area contributed by atoms with Crippen LogP contribution in [0, 0.1) is 13.8 Å². The molecule has 25 heavy (non-hydrogen) atoms. The lowest BCUT2D eigenvalue weighted by Gasteiger charge is -2.14. The Bertz CT molecular complexity index is 872. The van der Waals surface area contributed by atoms with Crippen LogP contribution in [0.2, 0.25) is 0 Å². The van der Waals surface area contributed by atoms with Crippen LogP contribution in [0.5, 0.6) is 0 Å². The highest BCUT2D eigenvalue weighted by atomic mass is 32.2. The molecule has 1 aromatic heterocycles. The van der Waals surface area contributed by atoms with Crippen molar-refractivity contribution in [3.63, 3.8) is 0 Å². The molecule has 0 saturated carbocycles. The van der Waals surface area contributed by atoms with Crippen molar-refractivity contribution in [2.75, 3.05) is 12.9 Å². The van der Waals surface area contributed by atoms with E-state index < -0.39 is 0 Å². The number of esters is 1. The van der Waals surface area contributed by atoms with E-state index >= 15 is 0 Å². The van der Waals surface area contributed by atoms with E-state index in [2.05, 4.69) is 13.0 Å². The van der Waals surface area contributed by atoms with E-state index in [1.807, 2.05) is 26.0 Å². The molecule has 132 valence electrons. The van der Waals surface area contributed by atoms with Gasteiger partial charge in [-0.15, -0.1) is 11.8 Å². The summed E-state index contributed by atoms with van der Waals surface area (Å²) in [4.78, 5) is 30.1. The fraction of sp³-hybridized carbons (Fsp3) is 0.389. The molecule has 0 fully saturated rings. The van der Waals surface area contributed by atoms with Gasteiger partial charge < -0.3 is 4.74 Å². The highest BCUT2D eigenvalue weighted by Crippen LogP contribution is 2.35. The second kappa shape index (κ2) is 7.25. The van der Waals surface area contributed by atoms with Crippen molar-refractivity contribution in [2.45, 2.75) is 42.5 Å². The lowest BCUT2D eigenvalue weighted by molar-refractivity contribution is -0.137. The average molecular weight is 377 g/mol. The van der Waals surface area contributed by atoms with Gasteiger partial charge in [0.25, 0.3) is 5.56 Å². The van der Waals surface area contributed by atoms with Crippen molar-refractivity contribution in [1.82, 2.24) is 9.55 Å². The van der Waals surface area contributed by atoms with E-state index in [-0.39, 0.29) is 17.3 Å². The number of hydrogen-bond acceptors (Lipinski definition) is 6. The van der Waals surface area contributed by atoms with Gasteiger partial charge in [-0.05, 0) is 37.1 Å². The monoisotopic (exact) mass is 376 g/mol. The first-order valence-corrected chi connectivity index (χ1v) is 9.86. The molecule has 0 spiro atoms. The number of carbonyl (C=O) groups is 1. The van der Waals surface area contributed by atoms with Crippen LogP contribution in [0.3, 0.4) is 0 Å². The summed E-state index contributed by atoms with van der Waals surface area (Å²) in [5, 5.41) is 0.873. The highest BCUT2D eigenvalue weighted by molar-refractivity contribution is 8.00. The second-order valence-corrected chi connectivity index (χ2v) is 8.55. The second-order valence-electron chi connectivity index (χ2n) is 6.15. The Morgan fingerprint density at radius 1 is 1.36 bits per heavy atom. The Hall–Kier alpha value is -1.73. The number of thioether (sulfide) groups is 2. The summed E-state index contributed by atoms with van der Waals surface area (Å²) < 4.78 is 6.34. The number of aryl methyl sites for hydroxylation is 2. The van der Waals surface area contributed by atoms with Gasteiger partial charge in [-0.1, -0.05) is 24.8 Å². The van der Waals surface area contributed by atoms with Crippen LogP contribution in [0.4, 0.5) is 0 Å². The van der Waals surface area contributed by atoms with Gasteiger partial charge in [0.2, 0.25) is 0 Å². The van der Waals surface area contributed by atoms with Crippen molar-refractivity contribution in [2.24, 2.45) is 0 Å².